The van der Waals surface area contributed by atoms with E-state index in [0.29, 0.717) is 27.4 Å². The lowest BCUT2D eigenvalue weighted by Crippen LogP contribution is -2.55. The van der Waals surface area contributed by atoms with Crippen molar-refractivity contribution in [3.05, 3.63) is 5.56 Å². The standard InChI is InChI=1S/C7H3B5/c1-2-3(8)5(10)7(12)6(11)4(2)9/h1H3. The molecule has 0 saturated carbocycles. The molecule has 0 atom stereocenters. The van der Waals surface area contributed by atoms with Crippen LogP contribution in [0.4, 0.5) is 0 Å². The van der Waals surface area contributed by atoms with Crippen molar-refractivity contribution in [2.45, 2.75) is 6.92 Å². The van der Waals surface area contributed by atoms with Gasteiger partial charge in [-0.05, 0) is 6.92 Å². The van der Waals surface area contributed by atoms with Crippen molar-refractivity contribution in [3.8, 4) is 0 Å². The molecule has 1 rings (SSSR count). The first-order valence-corrected chi connectivity index (χ1v) is 3.44. The van der Waals surface area contributed by atoms with Crippen LogP contribution in [0.3, 0.4) is 0 Å². The van der Waals surface area contributed by atoms with E-state index in [4.69, 9.17) is 39.2 Å². The minimum absolute atomic E-state index is 0.260. The predicted octanol–water partition coefficient (Wildman–Crippen LogP) is -4.04. The highest BCUT2D eigenvalue weighted by molar-refractivity contribution is 6.67. The van der Waals surface area contributed by atoms with Gasteiger partial charge >= 0.3 is 0 Å². The van der Waals surface area contributed by atoms with E-state index in [2.05, 4.69) is 0 Å². The molecule has 46 valence electrons. The molecule has 0 aliphatic rings. The highest BCUT2D eigenvalue weighted by Crippen LogP contribution is 1.78. The summed E-state index contributed by atoms with van der Waals surface area (Å²) in [6.45, 7) is 1.75. The monoisotopic (exact) mass is 142 g/mol. The van der Waals surface area contributed by atoms with Crippen molar-refractivity contribution in [2.24, 2.45) is 0 Å². The highest BCUT2D eigenvalue weighted by atomic mass is 14.0. The van der Waals surface area contributed by atoms with Crippen LogP contribution >= 0.6 is 0 Å². The summed E-state index contributed by atoms with van der Waals surface area (Å²) < 4.78 is 0. The van der Waals surface area contributed by atoms with Crippen molar-refractivity contribution in [2.75, 3.05) is 0 Å². The maximum absolute atomic E-state index is 5.61. The molecule has 0 nitrogen and oxygen atoms in total. The molecule has 1 aromatic carbocycles. The van der Waals surface area contributed by atoms with E-state index in [1.165, 1.54) is 0 Å². The molecule has 0 unspecified atom stereocenters. The van der Waals surface area contributed by atoms with Gasteiger partial charge in [0.15, 0.2) is 0 Å². The predicted molar refractivity (Wildman–Crippen MR) is 58.1 cm³/mol. The van der Waals surface area contributed by atoms with Crippen LogP contribution in [0.2, 0.25) is 0 Å². The first-order chi connectivity index (χ1) is 5.46. The Hall–Kier alpha value is -0.455. The zero-order valence-corrected chi connectivity index (χ0v) is 6.89. The van der Waals surface area contributed by atoms with Crippen LogP contribution in [-0.2, 0) is 0 Å². The Bertz CT molecular complexity index is 226. The third kappa shape index (κ3) is 1.26. The van der Waals surface area contributed by atoms with Crippen LogP contribution in [0.15, 0.2) is 0 Å². The van der Waals surface area contributed by atoms with Gasteiger partial charge in [0.25, 0.3) is 0 Å². The molecule has 10 radical (unpaired) electrons. The molecule has 0 fully saturated rings. The third-order valence-electron chi connectivity index (χ3n) is 1.97. The van der Waals surface area contributed by atoms with Crippen molar-refractivity contribution in [1.82, 2.24) is 0 Å². The molecule has 12 heavy (non-hydrogen) atoms. The minimum Gasteiger partial charge on any atom is -0.112 e. The summed E-state index contributed by atoms with van der Waals surface area (Å²) in [5, 5.41) is 0. The molecule has 0 saturated heterocycles. The highest BCUT2D eigenvalue weighted by Gasteiger charge is 2.05. The van der Waals surface area contributed by atoms with Crippen LogP contribution < -0.4 is 27.3 Å². The Balaban J connectivity index is 3.60. The van der Waals surface area contributed by atoms with E-state index in [1.54, 1.807) is 6.92 Å². The van der Waals surface area contributed by atoms with Gasteiger partial charge in [0.2, 0.25) is 0 Å². The van der Waals surface area contributed by atoms with Gasteiger partial charge in [0.1, 0.15) is 39.2 Å². The maximum atomic E-state index is 5.61. The van der Waals surface area contributed by atoms with Gasteiger partial charge in [-0.2, -0.15) is 0 Å². The Morgan fingerprint density at radius 3 is 1.17 bits per heavy atom. The van der Waals surface area contributed by atoms with E-state index >= 15 is 0 Å². The Labute approximate surface area is 79.6 Å². The molecule has 1 aromatic rings. The van der Waals surface area contributed by atoms with Crippen molar-refractivity contribution < 1.29 is 0 Å². The van der Waals surface area contributed by atoms with Crippen LogP contribution in [0.25, 0.3) is 0 Å². The maximum Gasteiger partial charge on any atom is 0.113 e. The summed E-state index contributed by atoms with van der Waals surface area (Å²) in [6.07, 6.45) is 0. The smallest absolute Gasteiger partial charge is 0.112 e. The fraction of sp³-hybridized carbons (Fsp3) is 0.143. The quantitative estimate of drug-likeness (QED) is 0.323. The summed E-state index contributed by atoms with van der Waals surface area (Å²) in [7, 11) is 27.9. The second-order valence-corrected chi connectivity index (χ2v) is 2.69. The molecule has 0 heterocycles. The summed E-state index contributed by atoms with van der Waals surface area (Å²) in [5.74, 6) is 0. The average molecular weight is 141 g/mol. The molecule has 0 aliphatic heterocycles. The molecule has 5 heteroatoms. The fourth-order valence-electron chi connectivity index (χ4n) is 0.984. The van der Waals surface area contributed by atoms with E-state index in [1.807, 2.05) is 0 Å². The van der Waals surface area contributed by atoms with Crippen molar-refractivity contribution >= 4 is 66.5 Å². The molecule has 0 aromatic heterocycles. The van der Waals surface area contributed by atoms with E-state index in [-0.39, 0.29) is 5.46 Å². The Morgan fingerprint density at radius 2 is 0.833 bits per heavy atom. The van der Waals surface area contributed by atoms with Crippen LogP contribution in [0.5, 0.6) is 0 Å². The average Bonchev–Trinajstić information content (AvgIpc) is 2.08. The first kappa shape index (κ1) is 9.63. The largest absolute Gasteiger partial charge is 0.113 e. The summed E-state index contributed by atoms with van der Waals surface area (Å²) in [6, 6.07) is 0. The molecule has 0 amide bonds. The SMILES string of the molecule is [B]c1c([B])c([B])c(C)c([B])c1[B]. The normalized spacial score (nSPS) is 10.1. The molecule has 0 spiro atoms. The number of rotatable bonds is 0. The van der Waals surface area contributed by atoms with Gasteiger partial charge in [-0.3, -0.25) is 0 Å². The number of benzene rings is 1. The van der Waals surface area contributed by atoms with E-state index in [9.17, 15) is 0 Å². The molecular formula is C7H3B5. The number of hydrogen-bond donors (Lipinski definition) is 0. The summed E-state index contributed by atoms with van der Waals surface area (Å²) in [5.41, 5.74) is 2.35. The van der Waals surface area contributed by atoms with Crippen LogP contribution in [0, 0.1) is 6.92 Å². The first-order valence-electron chi connectivity index (χ1n) is 3.44. The second-order valence-electron chi connectivity index (χ2n) is 2.69. The van der Waals surface area contributed by atoms with Gasteiger partial charge in [-0.1, -0.05) is 5.56 Å². The molecule has 0 bridgehead atoms. The van der Waals surface area contributed by atoms with Crippen LogP contribution in [0.1, 0.15) is 5.56 Å². The lowest BCUT2D eigenvalue weighted by molar-refractivity contribution is 1.60. The zero-order chi connectivity index (χ0) is 9.46. The summed E-state index contributed by atoms with van der Waals surface area (Å²) >= 11 is 0. The second kappa shape index (κ2) is 3.12. The zero-order valence-electron chi connectivity index (χ0n) is 6.89. The van der Waals surface area contributed by atoms with Gasteiger partial charge in [0, 0.05) is 0 Å². The van der Waals surface area contributed by atoms with Gasteiger partial charge < -0.3 is 0 Å². The van der Waals surface area contributed by atoms with Crippen LogP contribution in [-0.4, -0.2) is 39.2 Å². The molecule has 0 aliphatic carbocycles. The van der Waals surface area contributed by atoms with Crippen molar-refractivity contribution in [3.63, 3.8) is 0 Å². The molecule has 0 N–H and O–H groups in total. The lowest BCUT2D eigenvalue weighted by atomic mass is 9.61. The van der Waals surface area contributed by atoms with E-state index in [0.717, 1.165) is 0 Å². The minimum atomic E-state index is 0.260. The van der Waals surface area contributed by atoms with Gasteiger partial charge in [-0.25, -0.2) is 0 Å². The fourth-order valence-corrected chi connectivity index (χ4v) is 0.984. The Morgan fingerprint density at radius 1 is 0.583 bits per heavy atom. The topological polar surface area (TPSA) is 0 Å². The van der Waals surface area contributed by atoms with Gasteiger partial charge in [0.05, 0.1) is 0 Å². The molecular weight excluding hydrogens is 138 g/mol. The van der Waals surface area contributed by atoms with E-state index < -0.39 is 0 Å². The Kier molecular flexibility index (Phi) is 2.50. The third-order valence-corrected chi connectivity index (χ3v) is 1.97. The van der Waals surface area contributed by atoms with Gasteiger partial charge in [-0.15, -0.1) is 27.3 Å². The number of hydrogen-bond acceptors (Lipinski definition) is 0. The lowest BCUT2D eigenvalue weighted by Gasteiger charge is -2.17. The van der Waals surface area contributed by atoms with Crippen molar-refractivity contribution in [1.29, 1.82) is 0 Å². The summed E-state index contributed by atoms with van der Waals surface area (Å²) in [4.78, 5) is 0.